The molecular weight excluding hydrogens is 248 g/mol. The number of rotatable bonds is 6. The molecular formula is C13H22N2O2S. The highest BCUT2D eigenvalue weighted by atomic mass is 32.2. The highest BCUT2D eigenvalue weighted by Gasteiger charge is 2.25. The van der Waals surface area contributed by atoms with E-state index in [4.69, 9.17) is 5.73 Å². The van der Waals surface area contributed by atoms with Crippen LogP contribution in [0.4, 0.5) is 5.69 Å². The van der Waals surface area contributed by atoms with E-state index in [0.717, 1.165) is 12.0 Å². The first-order valence-corrected chi connectivity index (χ1v) is 7.74. The smallest absolute Gasteiger partial charge is 0.237 e. The monoisotopic (exact) mass is 270 g/mol. The lowest BCUT2D eigenvalue weighted by atomic mass is 10.2. The van der Waals surface area contributed by atoms with Crippen molar-refractivity contribution in [2.45, 2.75) is 39.0 Å². The maximum atomic E-state index is 12.3. The Kier molecular flexibility index (Phi) is 5.16. The van der Waals surface area contributed by atoms with E-state index in [1.54, 1.807) is 13.8 Å². The van der Waals surface area contributed by atoms with Gasteiger partial charge in [0.25, 0.3) is 0 Å². The second-order valence-corrected chi connectivity index (χ2v) is 6.95. The van der Waals surface area contributed by atoms with E-state index in [2.05, 4.69) is 0 Å². The van der Waals surface area contributed by atoms with Crippen molar-refractivity contribution < 1.29 is 8.42 Å². The van der Waals surface area contributed by atoms with Crippen LogP contribution in [0.5, 0.6) is 0 Å². The summed E-state index contributed by atoms with van der Waals surface area (Å²) in [6.07, 6.45) is 0.782. The van der Waals surface area contributed by atoms with E-state index in [0.29, 0.717) is 18.8 Å². The van der Waals surface area contributed by atoms with Crippen LogP contribution in [0.2, 0.25) is 0 Å². The Bertz CT molecular complexity index is 466. The molecule has 4 nitrogen and oxygen atoms in total. The summed E-state index contributed by atoms with van der Waals surface area (Å²) >= 11 is 0. The maximum absolute atomic E-state index is 12.3. The Morgan fingerprint density at radius 1 is 1.22 bits per heavy atom. The summed E-state index contributed by atoms with van der Waals surface area (Å²) in [7, 11) is -3.27. The van der Waals surface area contributed by atoms with E-state index < -0.39 is 15.3 Å². The molecule has 0 saturated carbocycles. The number of hydrogen-bond donors (Lipinski definition) is 1. The molecule has 0 bridgehead atoms. The molecule has 102 valence electrons. The number of sulfonamides is 1. The van der Waals surface area contributed by atoms with Crippen LogP contribution in [-0.4, -0.2) is 20.2 Å². The Morgan fingerprint density at radius 3 is 2.17 bits per heavy atom. The summed E-state index contributed by atoms with van der Waals surface area (Å²) in [6.45, 7) is 6.34. The molecule has 18 heavy (non-hydrogen) atoms. The van der Waals surface area contributed by atoms with Crippen LogP contribution < -0.4 is 10.0 Å². The van der Waals surface area contributed by atoms with Gasteiger partial charge in [0.1, 0.15) is 0 Å². The molecule has 1 rings (SSSR count). The minimum Gasteiger partial charge on any atom is -0.326 e. The van der Waals surface area contributed by atoms with Gasteiger partial charge < -0.3 is 5.73 Å². The summed E-state index contributed by atoms with van der Waals surface area (Å²) in [5.74, 6) is 0. The summed E-state index contributed by atoms with van der Waals surface area (Å²) in [5.41, 5.74) is 7.25. The zero-order valence-corrected chi connectivity index (χ0v) is 12.1. The number of anilines is 1. The first-order chi connectivity index (χ1) is 8.43. The molecule has 0 fully saturated rings. The molecule has 0 aliphatic carbocycles. The molecule has 1 aromatic carbocycles. The number of hydrogen-bond acceptors (Lipinski definition) is 3. The highest BCUT2D eigenvalue weighted by molar-refractivity contribution is 7.93. The summed E-state index contributed by atoms with van der Waals surface area (Å²) in [4.78, 5) is 0. The van der Waals surface area contributed by atoms with Crippen LogP contribution in [-0.2, 0) is 16.6 Å². The van der Waals surface area contributed by atoms with Crippen molar-refractivity contribution in [3.8, 4) is 0 Å². The lowest BCUT2D eigenvalue weighted by molar-refractivity contribution is 0.581. The minimum absolute atomic E-state index is 0.418. The van der Waals surface area contributed by atoms with E-state index in [1.807, 2.05) is 31.2 Å². The second-order valence-electron chi connectivity index (χ2n) is 4.54. The fourth-order valence-electron chi connectivity index (χ4n) is 1.66. The van der Waals surface area contributed by atoms with Crippen LogP contribution in [0.1, 0.15) is 32.8 Å². The standard InChI is InChI=1S/C13H22N2O2S/c1-4-9-15(18(16,17)11(2)3)13-7-5-12(10-14)6-8-13/h5-8,11H,4,9-10,14H2,1-3H3. The lowest BCUT2D eigenvalue weighted by Crippen LogP contribution is -2.37. The number of benzene rings is 1. The first-order valence-electron chi connectivity index (χ1n) is 6.24. The summed E-state index contributed by atoms with van der Waals surface area (Å²) in [5, 5.41) is -0.418. The maximum Gasteiger partial charge on any atom is 0.237 e. The van der Waals surface area contributed by atoms with Crippen molar-refractivity contribution in [1.29, 1.82) is 0 Å². The van der Waals surface area contributed by atoms with Gasteiger partial charge in [-0.25, -0.2) is 8.42 Å². The third-order valence-electron chi connectivity index (χ3n) is 2.79. The van der Waals surface area contributed by atoms with E-state index >= 15 is 0 Å². The first kappa shape index (κ1) is 15.0. The summed E-state index contributed by atoms with van der Waals surface area (Å²) < 4.78 is 26.0. The SMILES string of the molecule is CCCN(c1ccc(CN)cc1)S(=O)(=O)C(C)C. The topological polar surface area (TPSA) is 63.4 Å². The van der Waals surface area contributed by atoms with Gasteiger partial charge in [-0.05, 0) is 38.0 Å². The predicted molar refractivity (Wildman–Crippen MR) is 76.0 cm³/mol. The van der Waals surface area contributed by atoms with Crippen molar-refractivity contribution in [3.63, 3.8) is 0 Å². The van der Waals surface area contributed by atoms with Crippen LogP contribution in [0.15, 0.2) is 24.3 Å². The average molecular weight is 270 g/mol. The molecule has 2 N–H and O–H groups in total. The third-order valence-corrected chi connectivity index (χ3v) is 4.99. The molecule has 1 aromatic rings. The minimum atomic E-state index is -3.27. The fraction of sp³-hybridized carbons (Fsp3) is 0.538. The molecule has 0 unspecified atom stereocenters. The van der Waals surface area contributed by atoms with E-state index in [1.165, 1.54) is 4.31 Å². The number of nitrogens with two attached hydrogens (primary N) is 1. The van der Waals surface area contributed by atoms with Gasteiger partial charge in [-0.15, -0.1) is 0 Å². The molecule has 0 aliphatic heterocycles. The molecule has 0 spiro atoms. The zero-order chi connectivity index (χ0) is 13.8. The molecule has 0 radical (unpaired) electrons. The molecule has 0 atom stereocenters. The van der Waals surface area contributed by atoms with Crippen LogP contribution >= 0.6 is 0 Å². The van der Waals surface area contributed by atoms with Crippen molar-refractivity contribution in [1.82, 2.24) is 0 Å². The van der Waals surface area contributed by atoms with Gasteiger partial charge >= 0.3 is 0 Å². The Hall–Kier alpha value is -1.07. The quantitative estimate of drug-likeness (QED) is 0.861. The number of nitrogens with zero attached hydrogens (tertiary/aromatic N) is 1. The molecule has 0 amide bonds. The summed E-state index contributed by atoms with van der Waals surface area (Å²) in [6, 6.07) is 7.37. The van der Waals surface area contributed by atoms with Gasteiger partial charge in [0, 0.05) is 13.1 Å². The molecule has 0 heterocycles. The fourth-order valence-corrected chi connectivity index (χ4v) is 3.02. The average Bonchev–Trinajstić information content (AvgIpc) is 2.35. The van der Waals surface area contributed by atoms with Crippen LogP contribution in [0.3, 0.4) is 0 Å². The zero-order valence-electron chi connectivity index (χ0n) is 11.3. The van der Waals surface area contributed by atoms with Crippen LogP contribution in [0, 0.1) is 0 Å². The van der Waals surface area contributed by atoms with E-state index in [9.17, 15) is 8.42 Å². The largest absolute Gasteiger partial charge is 0.326 e. The van der Waals surface area contributed by atoms with Crippen molar-refractivity contribution in [2.75, 3.05) is 10.8 Å². The predicted octanol–water partition coefficient (Wildman–Crippen LogP) is 2.10. The molecule has 0 aliphatic rings. The van der Waals surface area contributed by atoms with Gasteiger partial charge in [-0.3, -0.25) is 4.31 Å². The highest BCUT2D eigenvalue weighted by Crippen LogP contribution is 2.21. The van der Waals surface area contributed by atoms with Crippen molar-refractivity contribution in [3.05, 3.63) is 29.8 Å². The van der Waals surface area contributed by atoms with E-state index in [-0.39, 0.29) is 0 Å². The van der Waals surface area contributed by atoms with Gasteiger partial charge in [-0.2, -0.15) is 0 Å². The van der Waals surface area contributed by atoms with Crippen LogP contribution in [0.25, 0.3) is 0 Å². The van der Waals surface area contributed by atoms with Gasteiger partial charge in [0.05, 0.1) is 10.9 Å². The Morgan fingerprint density at radius 2 is 1.78 bits per heavy atom. The third kappa shape index (κ3) is 3.23. The molecule has 0 saturated heterocycles. The van der Waals surface area contributed by atoms with Crippen molar-refractivity contribution >= 4 is 15.7 Å². The van der Waals surface area contributed by atoms with Gasteiger partial charge in [0.15, 0.2) is 0 Å². The lowest BCUT2D eigenvalue weighted by Gasteiger charge is -2.26. The van der Waals surface area contributed by atoms with Gasteiger partial charge in [-0.1, -0.05) is 19.1 Å². The molecule has 5 heteroatoms. The Balaban J connectivity index is 3.12. The normalized spacial score (nSPS) is 11.8. The second kappa shape index (κ2) is 6.20. The molecule has 0 aromatic heterocycles. The van der Waals surface area contributed by atoms with Gasteiger partial charge in [0.2, 0.25) is 10.0 Å². The Labute approximate surface area is 110 Å². The van der Waals surface area contributed by atoms with Crippen molar-refractivity contribution in [2.24, 2.45) is 5.73 Å².